The molecule has 4 rings (SSSR count). The van der Waals surface area contributed by atoms with E-state index in [4.69, 9.17) is 0 Å². The van der Waals surface area contributed by atoms with Crippen molar-refractivity contribution in [3.8, 4) is 0 Å². The molecule has 0 aliphatic heterocycles. The predicted octanol–water partition coefficient (Wildman–Crippen LogP) is 5.22. The first-order chi connectivity index (χ1) is 19.8. The molecule has 1 amide bonds. The minimum absolute atomic E-state index is 0.177. The van der Waals surface area contributed by atoms with Crippen molar-refractivity contribution in [1.29, 1.82) is 0 Å². The normalized spacial score (nSPS) is 12.6. The third-order valence-corrected chi connectivity index (χ3v) is 7.36. The van der Waals surface area contributed by atoms with E-state index in [0.29, 0.717) is 42.8 Å². The van der Waals surface area contributed by atoms with Crippen molar-refractivity contribution in [1.82, 2.24) is 20.2 Å². The topological polar surface area (TPSA) is 96.3 Å². The summed E-state index contributed by atoms with van der Waals surface area (Å²) < 4.78 is 29.0. The maximum atomic E-state index is 13.6. The van der Waals surface area contributed by atoms with Crippen molar-refractivity contribution < 1.29 is 23.5 Å². The Morgan fingerprint density at radius 3 is 2.32 bits per heavy atom. The highest BCUT2D eigenvalue weighted by Crippen LogP contribution is 2.21. The summed E-state index contributed by atoms with van der Waals surface area (Å²) in [7, 11) is 0. The van der Waals surface area contributed by atoms with Crippen LogP contribution in [0.25, 0.3) is 0 Å². The van der Waals surface area contributed by atoms with Crippen molar-refractivity contribution in [3.63, 3.8) is 0 Å². The zero-order chi connectivity index (χ0) is 29.2. The number of aliphatic carboxylic acids is 1. The van der Waals surface area contributed by atoms with E-state index >= 15 is 0 Å². The van der Waals surface area contributed by atoms with Crippen LogP contribution >= 0.6 is 11.8 Å². The van der Waals surface area contributed by atoms with Gasteiger partial charge in [-0.15, -0.1) is 0 Å². The van der Waals surface area contributed by atoms with Gasteiger partial charge >= 0.3 is 5.97 Å². The Labute approximate surface area is 242 Å². The largest absolute Gasteiger partial charge is 0.480 e. The molecule has 2 atom stereocenters. The van der Waals surface area contributed by atoms with Gasteiger partial charge in [-0.2, -0.15) is 11.8 Å². The Morgan fingerprint density at radius 2 is 1.68 bits per heavy atom. The first-order valence-electron chi connectivity index (χ1n) is 13.2. The standard InChI is InChI=1S/C31H32F2N4O3S/c1-41-15-12-28(31(39)40)36-30(38)27-17-22(2-5-24(27)16-21-3-8-25(32)9-4-21)18-35-29(19-37-14-13-34-20-37)23-6-10-26(33)11-7-23/h2-11,13-14,17,20,28-29,35H,12,15-16,18-19H2,1H3,(H,36,38)(H,39,40)/t28-,29?/m0/s1. The number of nitrogens with one attached hydrogen (secondary N) is 2. The van der Waals surface area contributed by atoms with E-state index in [-0.39, 0.29) is 17.7 Å². The van der Waals surface area contributed by atoms with Gasteiger partial charge in [-0.05, 0) is 77.4 Å². The first kappa shape index (κ1) is 30.0. The Balaban J connectivity index is 1.59. The Kier molecular flexibility index (Phi) is 10.6. The Morgan fingerprint density at radius 1 is 1.00 bits per heavy atom. The molecule has 0 spiro atoms. The quantitative estimate of drug-likeness (QED) is 0.190. The van der Waals surface area contributed by atoms with E-state index in [0.717, 1.165) is 16.7 Å². The van der Waals surface area contributed by atoms with Gasteiger partial charge in [0, 0.05) is 31.0 Å². The molecule has 0 radical (unpaired) electrons. The number of imidazole rings is 1. The molecule has 0 aliphatic rings. The highest BCUT2D eigenvalue weighted by atomic mass is 32.2. The third kappa shape index (κ3) is 8.73. The molecule has 0 fully saturated rings. The van der Waals surface area contributed by atoms with Crippen molar-refractivity contribution >= 4 is 23.6 Å². The fourth-order valence-corrected chi connectivity index (χ4v) is 4.95. The van der Waals surface area contributed by atoms with Crippen LogP contribution in [-0.4, -0.2) is 44.6 Å². The van der Waals surface area contributed by atoms with Gasteiger partial charge in [0.25, 0.3) is 5.91 Å². The summed E-state index contributed by atoms with van der Waals surface area (Å²) in [5.74, 6) is -1.65. The molecular formula is C31H32F2N4O3S. The van der Waals surface area contributed by atoms with Crippen LogP contribution in [0.3, 0.4) is 0 Å². The number of benzene rings is 3. The molecule has 41 heavy (non-hydrogen) atoms. The fourth-order valence-electron chi connectivity index (χ4n) is 4.48. The summed E-state index contributed by atoms with van der Waals surface area (Å²) in [6, 6.07) is 16.7. The van der Waals surface area contributed by atoms with Gasteiger partial charge in [-0.25, -0.2) is 18.6 Å². The molecule has 0 aliphatic carbocycles. The summed E-state index contributed by atoms with van der Waals surface area (Å²) in [5, 5.41) is 15.8. The maximum Gasteiger partial charge on any atom is 0.326 e. The number of carbonyl (C=O) groups excluding carboxylic acids is 1. The third-order valence-electron chi connectivity index (χ3n) is 6.72. The fraction of sp³-hybridized carbons (Fsp3) is 0.258. The van der Waals surface area contributed by atoms with Crippen LogP contribution in [0.1, 0.15) is 45.1 Å². The van der Waals surface area contributed by atoms with Crippen molar-refractivity contribution in [3.05, 3.63) is 125 Å². The molecule has 0 saturated heterocycles. The number of carbonyl (C=O) groups is 2. The van der Waals surface area contributed by atoms with E-state index in [1.165, 1.54) is 36.0 Å². The SMILES string of the molecule is CSCC[C@H](NC(=O)c1cc(CNC(Cn2ccnc2)c2ccc(F)cc2)ccc1Cc1ccc(F)cc1)C(=O)O. The van der Waals surface area contributed by atoms with Crippen LogP contribution in [0.15, 0.2) is 85.5 Å². The van der Waals surface area contributed by atoms with E-state index < -0.39 is 17.9 Å². The summed E-state index contributed by atoms with van der Waals surface area (Å²) in [6.45, 7) is 0.944. The van der Waals surface area contributed by atoms with Crippen molar-refractivity contribution in [2.75, 3.05) is 12.0 Å². The number of hydrogen-bond donors (Lipinski definition) is 3. The van der Waals surface area contributed by atoms with Gasteiger partial charge in [0.05, 0.1) is 12.4 Å². The molecule has 1 aromatic heterocycles. The number of hydrogen-bond acceptors (Lipinski definition) is 5. The van der Waals surface area contributed by atoms with E-state index in [9.17, 15) is 23.5 Å². The van der Waals surface area contributed by atoms with Gasteiger partial charge in [0.15, 0.2) is 0 Å². The number of carboxylic acid groups (broad SMARTS) is 1. The number of rotatable bonds is 14. The molecule has 214 valence electrons. The molecule has 3 N–H and O–H groups in total. The van der Waals surface area contributed by atoms with E-state index in [1.807, 2.05) is 29.2 Å². The van der Waals surface area contributed by atoms with E-state index in [1.54, 1.807) is 42.9 Å². The molecule has 4 aromatic rings. The Hall–Kier alpha value is -4.02. The smallest absolute Gasteiger partial charge is 0.326 e. The number of aromatic nitrogens is 2. The lowest BCUT2D eigenvalue weighted by atomic mass is 9.96. The molecule has 10 heteroatoms. The van der Waals surface area contributed by atoms with Crippen LogP contribution < -0.4 is 10.6 Å². The molecule has 1 unspecified atom stereocenters. The van der Waals surface area contributed by atoms with Crippen LogP contribution in [-0.2, 0) is 24.3 Å². The maximum absolute atomic E-state index is 13.6. The summed E-state index contributed by atoms with van der Waals surface area (Å²) in [6.07, 6.45) is 7.80. The molecule has 0 bridgehead atoms. The molecule has 7 nitrogen and oxygen atoms in total. The summed E-state index contributed by atoms with van der Waals surface area (Å²) in [5.41, 5.74) is 3.58. The van der Waals surface area contributed by atoms with Crippen molar-refractivity contribution in [2.24, 2.45) is 0 Å². The predicted molar refractivity (Wildman–Crippen MR) is 156 cm³/mol. The second-order valence-electron chi connectivity index (χ2n) is 9.69. The minimum atomic E-state index is -1.09. The van der Waals surface area contributed by atoms with E-state index in [2.05, 4.69) is 15.6 Å². The van der Waals surface area contributed by atoms with Crippen LogP contribution in [0.5, 0.6) is 0 Å². The number of nitrogens with zero attached hydrogens (tertiary/aromatic N) is 2. The average Bonchev–Trinajstić information content (AvgIpc) is 3.48. The highest BCUT2D eigenvalue weighted by Gasteiger charge is 2.22. The van der Waals surface area contributed by atoms with Crippen LogP contribution in [0.2, 0.25) is 0 Å². The van der Waals surface area contributed by atoms with Gasteiger partial charge in [-0.3, -0.25) is 4.79 Å². The monoisotopic (exact) mass is 578 g/mol. The number of halogens is 2. The molecule has 0 saturated carbocycles. The second-order valence-corrected chi connectivity index (χ2v) is 10.7. The van der Waals surface area contributed by atoms with Crippen molar-refractivity contribution in [2.45, 2.75) is 38.0 Å². The lowest BCUT2D eigenvalue weighted by Crippen LogP contribution is -2.41. The zero-order valence-electron chi connectivity index (χ0n) is 22.6. The molecule has 1 heterocycles. The van der Waals surface area contributed by atoms with Crippen LogP contribution in [0, 0.1) is 11.6 Å². The van der Waals surface area contributed by atoms with Gasteiger partial charge in [0.2, 0.25) is 0 Å². The van der Waals surface area contributed by atoms with Crippen LogP contribution in [0.4, 0.5) is 8.78 Å². The number of amides is 1. The number of thioether (sulfide) groups is 1. The van der Waals surface area contributed by atoms with Gasteiger partial charge in [0.1, 0.15) is 17.7 Å². The summed E-state index contributed by atoms with van der Waals surface area (Å²) in [4.78, 5) is 29.3. The lowest BCUT2D eigenvalue weighted by Gasteiger charge is -2.21. The second kappa shape index (κ2) is 14.6. The Bertz CT molecular complexity index is 1430. The van der Waals surface area contributed by atoms with Gasteiger partial charge < -0.3 is 20.3 Å². The summed E-state index contributed by atoms with van der Waals surface area (Å²) >= 11 is 1.51. The minimum Gasteiger partial charge on any atom is -0.480 e. The highest BCUT2D eigenvalue weighted by molar-refractivity contribution is 7.98. The molecular weight excluding hydrogens is 546 g/mol. The lowest BCUT2D eigenvalue weighted by molar-refractivity contribution is -0.139. The molecule has 3 aromatic carbocycles. The zero-order valence-corrected chi connectivity index (χ0v) is 23.4. The van der Waals surface area contributed by atoms with Gasteiger partial charge in [-0.1, -0.05) is 36.4 Å². The first-order valence-corrected chi connectivity index (χ1v) is 14.5. The average molecular weight is 579 g/mol. The number of carboxylic acids is 1.